The largest absolute Gasteiger partial charge is 0.469 e. The molecule has 1 saturated heterocycles. The lowest BCUT2D eigenvalue weighted by Crippen LogP contribution is -2.36. The molecule has 0 aliphatic carbocycles. The molecule has 1 aliphatic heterocycles. The van der Waals surface area contributed by atoms with Gasteiger partial charge in [0.1, 0.15) is 0 Å². The monoisotopic (exact) mass is 304 g/mol. The molecule has 1 atom stereocenters. The van der Waals surface area contributed by atoms with Gasteiger partial charge in [0.15, 0.2) is 0 Å². The highest BCUT2D eigenvalue weighted by Gasteiger charge is 2.34. The molecule has 0 aromatic heterocycles. The molecular formula is C17H24N2O3. The Kier molecular flexibility index (Phi) is 5.41. The number of ether oxygens (including phenoxy) is 1. The van der Waals surface area contributed by atoms with Crippen LogP contribution in [0.3, 0.4) is 0 Å². The summed E-state index contributed by atoms with van der Waals surface area (Å²) in [4.78, 5) is 27.5. The Labute approximate surface area is 131 Å². The van der Waals surface area contributed by atoms with Crippen LogP contribution in [-0.4, -0.2) is 50.1 Å². The number of nitrogens with zero attached hydrogens (tertiary/aromatic N) is 2. The Hall–Kier alpha value is -2.04. The number of aryl methyl sites for hydroxylation is 1. The highest BCUT2D eigenvalue weighted by atomic mass is 16.5. The van der Waals surface area contributed by atoms with Gasteiger partial charge in [-0.2, -0.15) is 0 Å². The van der Waals surface area contributed by atoms with Gasteiger partial charge in [-0.1, -0.05) is 12.1 Å². The van der Waals surface area contributed by atoms with Crippen LogP contribution in [0, 0.1) is 12.8 Å². The predicted molar refractivity (Wildman–Crippen MR) is 85.8 cm³/mol. The molecule has 1 heterocycles. The average Bonchev–Trinajstić information content (AvgIpc) is 2.88. The zero-order valence-corrected chi connectivity index (χ0v) is 13.5. The molecule has 1 aromatic rings. The van der Waals surface area contributed by atoms with Gasteiger partial charge in [-0.3, -0.25) is 9.59 Å². The van der Waals surface area contributed by atoms with Crippen molar-refractivity contribution in [3.05, 3.63) is 29.8 Å². The number of hydrogen-bond acceptors (Lipinski definition) is 4. The van der Waals surface area contributed by atoms with Gasteiger partial charge >= 0.3 is 5.97 Å². The van der Waals surface area contributed by atoms with Crippen molar-refractivity contribution in [3.63, 3.8) is 0 Å². The Bertz CT molecular complexity index is 544. The summed E-state index contributed by atoms with van der Waals surface area (Å²) in [5, 5.41) is 0. The number of amides is 1. The van der Waals surface area contributed by atoms with Crippen LogP contribution in [0.2, 0.25) is 0 Å². The van der Waals surface area contributed by atoms with Crippen LogP contribution in [0.4, 0.5) is 5.69 Å². The van der Waals surface area contributed by atoms with Crippen LogP contribution >= 0.6 is 0 Å². The first-order chi connectivity index (χ1) is 10.5. The first-order valence-electron chi connectivity index (χ1n) is 7.72. The van der Waals surface area contributed by atoms with Crippen molar-refractivity contribution in [1.82, 2.24) is 4.90 Å². The quantitative estimate of drug-likeness (QED) is 0.753. The molecule has 0 radical (unpaired) electrons. The summed E-state index contributed by atoms with van der Waals surface area (Å²) in [6, 6.07) is 8.34. The summed E-state index contributed by atoms with van der Waals surface area (Å²) in [6.45, 7) is 6.92. The first-order valence-corrected chi connectivity index (χ1v) is 7.72. The molecule has 1 unspecified atom stereocenters. The summed E-state index contributed by atoms with van der Waals surface area (Å²) in [7, 11) is 1.37. The van der Waals surface area contributed by atoms with Crippen molar-refractivity contribution in [3.8, 4) is 0 Å². The van der Waals surface area contributed by atoms with Crippen LogP contribution in [0.15, 0.2) is 24.3 Å². The summed E-state index contributed by atoms with van der Waals surface area (Å²) >= 11 is 0. The topological polar surface area (TPSA) is 49.9 Å². The van der Waals surface area contributed by atoms with E-state index in [1.165, 1.54) is 18.4 Å². The maximum atomic E-state index is 12.0. The Morgan fingerprint density at radius 2 is 2.23 bits per heavy atom. The van der Waals surface area contributed by atoms with Crippen LogP contribution in [0.1, 0.15) is 18.9 Å². The summed E-state index contributed by atoms with van der Waals surface area (Å²) in [5.41, 5.74) is 2.39. The molecule has 0 saturated carbocycles. The molecule has 0 bridgehead atoms. The van der Waals surface area contributed by atoms with Crippen molar-refractivity contribution in [2.45, 2.75) is 20.3 Å². The molecule has 1 amide bonds. The number of carbonyl (C=O) groups is 2. The second-order valence-corrected chi connectivity index (χ2v) is 5.68. The number of carbonyl (C=O) groups excluding carboxylic acids is 2. The lowest BCUT2D eigenvalue weighted by molar-refractivity contribution is -0.145. The second kappa shape index (κ2) is 7.29. The van der Waals surface area contributed by atoms with Crippen LogP contribution in [-0.2, 0) is 14.3 Å². The van der Waals surface area contributed by atoms with Gasteiger partial charge in [0.25, 0.3) is 0 Å². The number of rotatable bonds is 6. The van der Waals surface area contributed by atoms with Crippen LogP contribution in [0.5, 0.6) is 0 Å². The van der Waals surface area contributed by atoms with Gasteiger partial charge in [0.05, 0.1) is 13.0 Å². The Morgan fingerprint density at radius 3 is 2.86 bits per heavy atom. The zero-order valence-electron chi connectivity index (χ0n) is 13.5. The summed E-state index contributed by atoms with van der Waals surface area (Å²) in [6.07, 6.45) is 0.267. The highest BCUT2D eigenvalue weighted by Crippen LogP contribution is 2.20. The van der Waals surface area contributed by atoms with E-state index < -0.39 is 0 Å². The Morgan fingerprint density at radius 1 is 1.45 bits per heavy atom. The van der Waals surface area contributed by atoms with Gasteiger partial charge < -0.3 is 14.5 Å². The van der Waals surface area contributed by atoms with Crippen molar-refractivity contribution >= 4 is 17.6 Å². The minimum absolute atomic E-state index is 0.0377. The lowest BCUT2D eigenvalue weighted by atomic mass is 10.1. The molecule has 120 valence electrons. The number of likely N-dealkylation sites (N-methyl/N-ethyl adjacent to an activating group) is 1. The fourth-order valence-corrected chi connectivity index (χ4v) is 2.85. The smallest absolute Gasteiger partial charge is 0.310 e. The third-order valence-electron chi connectivity index (χ3n) is 4.14. The maximum Gasteiger partial charge on any atom is 0.310 e. The molecule has 5 heteroatoms. The average molecular weight is 304 g/mol. The number of benzene rings is 1. The second-order valence-electron chi connectivity index (χ2n) is 5.68. The van der Waals surface area contributed by atoms with Crippen molar-refractivity contribution in [1.29, 1.82) is 0 Å². The van der Waals surface area contributed by atoms with Gasteiger partial charge in [0, 0.05) is 38.3 Å². The Balaban J connectivity index is 1.94. The number of anilines is 1. The lowest BCUT2D eigenvalue weighted by Gasteiger charge is -2.26. The predicted octanol–water partition coefficient (Wildman–Crippen LogP) is 1.84. The number of methoxy groups -OCH3 is 1. The molecule has 0 spiro atoms. The molecule has 1 aliphatic rings. The van der Waals surface area contributed by atoms with E-state index in [0.717, 1.165) is 13.1 Å². The maximum absolute atomic E-state index is 12.0. The van der Waals surface area contributed by atoms with E-state index in [9.17, 15) is 9.59 Å². The minimum Gasteiger partial charge on any atom is -0.469 e. The van der Waals surface area contributed by atoms with Crippen LogP contribution < -0.4 is 4.90 Å². The minimum atomic E-state index is -0.313. The standard InChI is InChI=1S/C17H24N2O3/c1-4-18(15-7-5-6-13(2)10-15)8-9-19-12-14(11-16(19)20)17(21)22-3/h5-7,10,14H,4,8-9,11-12H2,1-3H3. The van der Waals surface area contributed by atoms with E-state index in [1.807, 2.05) is 6.07 Å². The molecule has 2 rings (SSSR count). The van der Waals surface area contributed by atoms with Crippen molar-refractivity contribution in [2.24, 2.45) is 5.92 Å². The van der Waals surface area contributed by atoms with Gasteiger partial charge in [-0.05, 0) is 31.5 Å². The zero-order chi connectivity index (χ0) is 16.1. The van der Waals surface area contributed by atoms with Crippen molar-refractivity contribution in [2.75, 3.05) is 38.2 Å². The molecule has 1 aromatic carbocycles. The van der Waals surface area contributed by atoms with Gasteiger partial charge in [0.2, 0.25) is 5.91 Å². The summed E-state index contributed by atoms with van der Waals surface area (Å²) < 4.78 is 4.73. The third-order valence-corrected chi connectivity index (χ3v) is 4.14. The van der Waals surface area contributed by atoms with Crippen molar-refractivity contribution < 1.29 is 14.3 Å². The van der Waals surface area contributed by atoms with E-state index in [2.05, 4.69) is 36.9 Å². The van der Waals surface area contributed by atoms with E-state index in [1.54, 1.807) is 4.90 Å². The number of likely N-dealkylation sites (tertiary alicyclic amines) is 1. The summed E-state index contributed by atoms with van der Waals surface area (Å²) in [5.74, 6) is -0.566. The van der Waals surface area contributed by atoms with E-state index >= 15 is 0 Å². The SMILES string of the molecule is CCN(CCN1CC(C(=O)OC)CC1=O)c1cccc(C)c1. The van der Waals surface area contributed by atoms with Gasteiger partial charge in [-0.25, -0.2) is 0 Å². The van der Waals surface area contributed by atoms with Gasteiger partial charge in [-0.15, -0.1) is 0 Å². The van der Waals surface area contributed by atoms with E-state index in [-0.39, 0.29) is 24.2 Å². The molecular weight excluding hydrogens is 280 g/mol. The molecule has 0 N–H and O–H groups in total. The number of esters is 1. The normalized spacial score (nSPS) is 17.7. The fourth-order valence-electron chi connectivity index (χ4n) is 2.85. The first kappa shape index (κ1) is 16.3. The van der Waals surface area contributed by atoms with Crippen LogP contribution in [0.25, 0.3) is 0 Å². The molecule has 22 heavy (non-hydrogen) atoms. The molecule has 1 fully saturated rings. The highest BCUT2D eigenvalue weighted by molar-refractivity contribution is 5.86. The van der Waals surface area contributed by atoms with E-state index in [0.29, 0.717) is 13.1 Å². The molecule has 5 nitrogen and oxygen atoms in total. The van der Waals surface area contributed by atoms with E-state index in [4.69, 9.17) is 4.74 Å². The number of hydrogen-bond donors (Lipinski definition) is 0. The third kappa shape index (κ3) is 3.78. The fraction of sp³-hybridized carbons (Fsp3) is 0.529.